The van der Waals surface area contributed by atoms with Crippen LogP contribution >= 0.6 is 24.0 Å². The second kappa shape index (κ2) is 5.98. The van der Waals surface area contributed by atoms with Crippen LogP contribution in [-0.2, 0) is 4.79 Å². The van der Waals surface area contributed by atoms with Crippen LogP contribution < -0.4 is 4.90 Å². The average molecular weight is 333 g/mol. The standard InChI is InChI=1S/C16H9F2NOS2/c17-11-5-7-12(8-6-11)19-15(20)14(22-16(19)21)9-10-3-1-2-4-13(10)18/h1-9H/b14-9+. The van der Waals surface area contributed by atoms with Gasteiger partial charge in [0.2, 0.25) is 0 Å². The molecule has 1 amide bonds. The Kier molecular flexibility index (Phi) is 4.04. The van der Waals surface area contributed by atoms with E-state index in [1.54, 1.807) is 18.2 Å². The number of hydrogen-bond acceptors (Lipinski definition) is 3. The Hall–Kier alpha value is -2.05. The number of thiocarbonyl (C=S) groups is 1. The first-order chi connectivity index (χ1) is 10.6. The summed E-state index contributed by atoms with van der Waals surface area (Å²) in [5.41, 5.74) is 0.808. The molecule has 1 saturated heterocycles. The van der Waals surface area contributed by atoms with Crippen LogP contribution in [0.4, 0.5) is 14.5 Å². The Morgan fingerprint density at radius 2 is 1.73 bits per heavy atom. The molecule has 110 valence electrons. The number of carbonyl (C=O) groups is 1. The van der Waals surface area contributed by atoms with E-state index in [1.807, 2.05) is 0 Å². The van der Waals surface area contributed by atoms with Crippen LogP contribution in [0.25, 0.3) is 6.08 Å². The van der Waals surface area contributed by atoms with Gasteiger partial charge in [-0.25, -0.2) is 8.78 Å². The van der Waals surface area contributed by atoms with Crippen LogP contribution in [-0.4, -0.2) is 10.2 Å². The van der Waals surface area contributed by atoms with Crippen LogP contribution in [0, 0.1) is 11.6 Å². The third kappa shape index (κ3) is 2.80. The van der Waals surface area contributed by atoms with Gasteiger partial charge < -0.3 is 0 Å². The average Bonchev–Trinajstić information content (AvgIpc) is 2.77. The Balaban J connectivity index is 1.95. The lowest BCUT2D eigenvalue weighted by Gasteiger charge is -2.14. The third-order valence-electron chi connectivity index (χ3n) is 3.07. The first kappa shape index (κ1) is 14.9. The molecule has 1 fully saturated rings. The van der Waals surface area contributed by atoms with Gasteiger partial charge in [-0.05, 0) is 36.4 Å². The zero-order chi connectivity index (χ0) is 15.7. The maximum atomic E-state index is 13.7. The molecule has 2 aromatic carbocycles. The summed E-state index contributed by atoms with van der Waals surface area (Å²) < 4.78 is 27.0. The molecule has 0 aromatic heterocycles. The molecular weight excluding hydrogens is 324 g/mol. The fourth-order valence-corrected chi connectivity index (χ4v) is 3.30. The van der Waals surface area contributed by atoms with Crippen molar-refractivity contribution in [3.63, 3.8) is 0 Å². The van der Waals surface area contributed by atoms with Crippen LogP contribution in [0.3, 0.4) is 0 Å². The number of carbonyl (C=O) groups excluding carboxylic acids is 1. The molecule has 1 aliphatic rings. The number of thioether (sulfide) groups is 1. The van der Waals surface area contributed by atoms with Gasteiger partial charge in [-0.3, -0.25) is 9.69 Å². The Labute approximate surface area is 135 Å². The first-order valence-corrected chi connectivity index (χ1v) is 7.57. The van der Waals surface area contributed by atoms with Gasteiger partial charge in [0.05, 0.1) is 10.6 Å². The normalized spacial score (nSPS) is 16.6. The van der Waals surface area contributed by atoms with Crippen molar-refractivity contribution in [2.24, 2.45) is 0 Å². The van der Waals surface area contributed by atoms with Crippen molar-refractivity contribution in [3.8, 4) is 0 Å². The van der Waals surface area contributed by atoms with Gasteiger partial charge in [0.25, 0.3) is 5.91 Å². The summed E-state index contributed by atoms with van der Waals surface area (Å²) in [5, 5.41) is 0. The zero-order valence-corrected chi connectivity index (χ0v) is 12.8. The lowest BCUT2D eigenvalue weighted by molar-refractivity contribution is -0.113. The molecular formula is C16H9F2NOS2. The second-order valence-electron chi connectivity index (χ2n) is 4.52. The Bertz CT molecular complexity index is 787. The summed E-state index contributed by atoms with van der Waals surface area (Å²) in [6, 6.07) is 11.7. The van der Waals surface area contributed by atoms with E-state index in [2.05, 4.69) is 0 Å². The maximum absolute atomic E-state index is 13.7. The van der Waals surface area contributed by atoms with Crippen molar-refractivity contribution in [1.82, 2.24) is 0 Å². The summed E-state index contributed by atoms with van der Waals surface area (Å²) in [6.07, 6.45) is 1.47. The fraction of sp³-hybridized carbons (Fsp3) is 0. The number of nitrogens with zero attached hydrogens (tertiary/aromatic N) is 1. The largest absolute Gasteiger partial charge is 0.270 e. The molecule has 0 atom stereocenters. The monoisotopic (exact) mass is 333 g/mol. The van der Waals surface area contributed by atoms with Gasteiger partial charge in [-0.15, -0.1) is 0 Å². The molecule has 1 heterocycles. The highest BCUT2D eigenvalue weighted by Gasteiger charge is 2.33. The van der Waals surface area contributed by atoms with Crippen molar-refractivity contribution in [2.45, 2.75) is 0 Å². The number of anilines is 1. The van der Waals surface area contributed by atoms with Crippen molar-refractivity contribution in [3.05, 3.63) is 70.6 Å². The molecule has 6 heteroatoms. The number of amides is 1. The summed E-state index contributed by atoms with van der Waals surface area (Å²) >= 11 is 6.29. The molecule has 0 radical (unpaired) electrons. The first-order valence-electron chi connectivity index (χ1n) is 6.34. The van der Waals surface area contributed by atoms with Crippen molar-refractivity contribution < 1.29 is 13.6 Å². The van der Waals surface area contributed by atoms with Crippen LogP contribution in [0.1, 0.15) is 5.56 Å². The van der Waals surface area contributed by atoms with Crippen LogP contribution in [0.2, 0.25) is 0 Å². The van der Waals surface area contributed by atoms with Gasteiger partial charge in [-0.1, -0.05) is 42.2 Å². The highest BCUT2D eigenvalue weighted by molar-refractivity contribution is 8.27. The highest BCUT2D eigenvalue weighted by Crippen LogP contribution is 2.36. The van der Waals surface area contributed by atoms with E-state index in [9.17, 15) is 13.6 Å². The Morgan fingerprint density at radius 3 is 2.41 bits per heavy atom. The smallest absolute Gasteiger partial charge is 0.268 e. The molecule has 3 rings (SSSR count). The maximum Gasteiger partial charge on any atom is 0.270 e. The Morgan fingerprint density at radius 1 is 1.05 bits per heavy atom. The predicted molar refractivity (Wildman–Crippen MR) is 88.5 cm³/mol. The summed E-state index contributed by atoms with van der Waals surface area (Å²) in [6.45, 7) is 0. The number of halogens is 2. The van der Waals surface area contributed by atoms with E-state index in [-0.39, 0.29) is 5.91 Å². The van der Waals surface area contributed by atoms with Gasteiger partial charge in [0, 0.05) is 5.56 Å². The van der Waals surface area contributed by atoms with E-state index in [0.717, 1.165) is 11.8 Å². The fourth-order valence-electron chi connectivity index (χ4n) is 2.01. The molecule has 0 spiro atoms. The van der Waals surface area contributed by atoms with E-state index in [0.29, 0.717) is 20.5 Å². The topological polar surface area (TPSA) is 20.3 Å². The molecule has 2 nitrogen and oxygen atoms in total. The minimum Gasteiger partial charge on any atom is -0.268 e. The molecule has 1 aliphatic heterocycles. The molecule has 0 saturated carbocycles. The third-order valence-corrected chi connectivity index (χ3v) is 4.37. The molecule has 0 bridgehead atoms. The van der Waals surface area contributed by atoms with Crippen molar-refractivity contribution in [1.29, 1.82) is 0 Å². The second-order valence-corrected chi connectivity index (χ2v) is 6.19. The lowest BCUT2D eigenvalue weighted by atomic mass is 10.2. The highest BCUT2D eigenvalue weighted by atomic mass is 32.2. The van der Waals surface area contributed by atoms with Gasteiger partial charge in [-0.2, -0.15) is 0 Å². The van der Waals surface area contributed by atoms with Gasteiger partial charge >= 0.3 is 0 Å². The van der Waals surface area contributed by atoms with Crippen LogP contribution in [0.5, 0.6) is 0 Å². The van der Waals surface area contributed by atoms with Gasteiger partial charge in [0.15, 0.2) is 4.32 Å². The summed E-state index contributed by atoms with van der Waals surface area (Å²) in [4.78, 5) is 14.1. The van der Waals surface area contributed by atoms with E-state index < -0.39 is 11.6 Å². The lowest BCUT2D eigenvalue weighted by Crippen LogP contribution is -2.27. The number of hydrogen-bond donors (Lipinski definition) is 0. The van der Waals surface area contributed by atoms with Crippen LogP contribution in [0.15, 0.2) is 53.4 Å². The van der Waals surface area contributed by atoms with E-state index in [4.69, 9.17) is 12.2 Å². The minimum atomic E-state index is -0.408. The number of benzene rings is 2. The quantitative estimate of drug-likeness (QED) is 0.601. The minimum absolute atomic E-state index is 0.321. The SMILES string of the molecule is O=C1/C(=C\c2ccccc2F)SC(=S)N1c1ccc(F)cc1. The molecule has 0 N–H and O–H groups in total. The molecule has 0 unspecified atom stereocenters. The molecule has 22 heavy (non-hydrogen) atoms. The van der Waals surface area contributed by atoms with E-state index >= 15 is 0 Å². The summed E-state index contributed by atoms with van der Waals surface area (Å²) in [5.74, 6) is -1.14. The van der Waals surface area contributed by atoms with Gasteiger partial charge in [0.1, 0.15) is 11.6 Å². The van der Waals surface area contributed by atoms with Crippen molar-refractivity contribution in [2.75, 3.05) is 4.90 Å². The summed E-state index contributed by atoms with van der Waals surface area (Å²) in [7, 11) is 0. The predicted octanol–water partition coefficient (Wildman–Crippen LogP) is 4.37. The number of rotatable bonds is 2. The van der Waals surface area contributed by atoms with Crippen molar-refractivity contribution >= 4 is 46.0 Å². The molecule has 2 aromatic rings. The molecule has 0 aliphatic carbocycles. The van der Waals surface area contributed by atoms with E-state index in [1.165, 1.54) is 41.3 Å². The zero-order valence-electron chi connectivity index (χ0n) is 11.1.